The van der Waals surface area contributed by atoms with Crippen LogP contribution in [0.2, 0.25) is 0 Å². The van der Waals surface area contributed by atoms with E-state index in [0.29, 0.717) is 6.42 Å². The summed E-state index contributed by atoms with van der Waals surface area (Å²) in [5, 5.41) is 23.1. The molecule has 0 aromatic rings. The van der Waals surface area contributed by atoms with Crippen molar-refractivity contribution >= 4 is 5.91 Å². The number of carbonyl (C=O) groups excluding carboxylic acids is 1. The number of rotatable bonds is 45. The molecule has 0 radical (unpaired) electrons. The molecule has 4 heteroatoms. The molecule has 0 aromatic carbocycles. The summed E-state index contributed by atoms with van der Waals surface area (Å²) in [7, 11) is 0. The van der Waals surface area contributed by atoms with Gasteiger partial charge in [0.05, 0.1) is 18.8 Å². The third kappa shape index (κ3) is 43.6. The average Bonchev–Trinajstić information content (AvgIpc) is 3.19. The minimum Gasteiger partial charge on any atom is -0.394 e. The van der Waals surface area contributed by atoms with Crippen LogP contribution in [-0.2, 0) is 4.79 Å². The van der Waals surface area contributed by atoms with E-state index >= 15 is 0 Å². The van der Waals surface area contributed by atoms with Crippen LogP contribution in [0.3, 0.4) is 0 Å². The molecule has 0 bridgehead atoms. The van der Waals surface area contributed by atoms with Crippen molar-refractivity contribution in [3.63, 3.8) is 0 Å². The monoisotopic (exact) mass is 772 g/mol. The van der Waals surface area contributed by atoms with Crippen LogP contribution in [0.1, 0.15) is 264 Å². The van der Waals surface area contributed by atoms with Gasteiger partial charge in [-0.25, -0.2) is 0 Å². The first kappa shape index (κ1) is 53.6. The predicted molar refractivity (Wildman–Crippen MR) is 244 cm³/mol. The second kappa shape index (κ2) is 47.0. The number of allylic oxidation sites excluding steroid dienone is 5. The average molecular weight is 772 g/mol. The molecule has 0 fully saturated rings. The number of unbranched alkanes of at least 4 members (excludes halogenated alkanes) is 34. The zero-order chi connectivity index (χ0) is 40.0. The highest BCUT2D eigenvalue weighted by molar-refractivity contribution is 5.76. The molecular formula is C51H97NO3. The van der Waals surface area contributed by atoms with Gasteiger partial charge < -0.3 is 15.5 Å². The SMILES string of the molecule is CCCCCCCCC/C=C\CCCCCCCCCC(=O)NC(CO)C(O)/C=C/CC/C=C/CCCCCCCCCCCCCCCCCCCCC. The molecule has 0 aromatic heterocycles. The highest BCUT2D eigenvalue weighted by atomic mass is 16.3. The predicted octanol–water partition coefficient (Wildman–Crippen LogP) is 15.7. The van der Waals surface area contributed by atoms with Crippen LogP contribution in [0.5, 0.6) is 0 Å². The first-order valence-corrected chi connectivity index (χ1v) is 24.7. The van der Waals surface area contributed by atoms with Gasteiger partial charge in [-0.2, -0.15) is 0 Å². The maximum Gasteiger partial charge on any atom is 0.220 e. The van der Waals surface area contributed by atoms with E-state index in [1.165, 1.54) is 212 Å². The lowest BCUT2D eigenvalue weighted by atomic mass is 10.0. The second-order valence-corrected chi connectivity index (χ2v) is 16.9. The van der Waals surface area contributed by atoms with Gasteiger partial charge >= 0.3 is 0 Å². The van der Waals surface area contributed by atoms with E-state index in [1.807, 2.05) is 6.08 Å². The van der Waals surface area contributed by atoms with Crippen molar-refractivity contribution in [2.75, 3.05) is 6.61 Å². The summed E-state index contributed by atoms with van der Waals surface area (Å²) in [5.41, 5.74) is 0. The van der Waals surface area contributed by atoms with E-state index in [2.05, 4.69) is 43.5 Å². The summed E-state index contributed by atoms with van der Waals surface area (Å²) in [6.45, 7) is 4.31. The molecule has 4 nitrogen and oxygen atoms in total. The van der Waals surface area contributed by atoms with Crippen molar-refractivity contribution in [1.82, 2.24) is 5.32 Å². The Labute approximate surface area is 344 Å². The van der Waals surface area contributed by atoms with Crippen LogP contribution >= 0.6 is 0 Å². The van der Waals surface area contributed by atoms with Gasteiger partial charge in [-0.15, -0.1) is 0 Å². The molecule has 0 saturated carbocycles. The van der Waals surface area contributed by atoms with Gasteiger partial charge in [-0.05, 0) is 57.8 Å². The minimum atomic E-state index is -0.863. The van der Waals surface area contributed by atoms with Crippen LogP contribution < -0.4 is 5.32 Å². The lowest BCUT2D eigenvalue weighted by Crippen LogP contribution is -2.45. The molecule has 0 aliphatic carbocycles. The number of amides is 1. The molecule has 324 valence electrons. The molecule has 0 aliphatic heterocycles. The number of aliphatic hydroxyl groups excluding tert-OH is 2. The van der Waals surface area contributed by atoms with E-state index in [0.717, 1.165) is 32.1 Å². The Kier molecular flexibility index (Phi) is 45.8. The van der Waals surface area contributed by atoms with E-state index in [1.54, 1.807) is 6.08 Å². The molecule has 3 N–H and O–H groups in total. The number of hydrogen-bond acceptors (Lipinski definition) is 3. The van der Waals surface area contributed by atoms with Crippen molar-refractivity contribution < 1.29 is 15.0 Å². The molecule has 2 unspecified atom stereocenters. The maximum atomic E-state index is 12.4. The Balaban J connectivity index is 3.56. The van der Waals surface area contributed by atoms with Crippen LogP contribution in [-0.4, -0.2) is 34.9 Å². The van der Waals surface area contributed by atoms with E-state index in [9.17, 15) is 15.0 Å². The zero-order valence-corrected chi connectivity index (χ0v) is 37.2. The molecule has 0 saturated heterocycles. The zero-order valence-electron chi connectivity index (χ0n) is 37.2. The summed E-state index contributed by atoms with van der Waals surface area (Å²) in [5.74, 6) is -0.0764. The van der Waals surface area contributed by atoms with Crippen molar-refractivity contribution in [3.8, 4) is 0 Å². The third-order valence-electron chi connectivity index (χ3n) is 11.3. The Morgan fingerprint density at radius 1 is 0.418 bits per heavy atom. The number of carbonyl (C=O) groups is 1. The minimum absolute atomic E-state index is 0.0764. The molecule has 1 amide bonds. The molecule has 0 rings (SSSR count). The number of nitrogens with one attached hydrogen (secondary N) is 1. The second-order valence-electron chi connectivity index (χ2n) is 16.9. The topological polar surface area (TPSA) is 69.6 Å². The lowest BCUT2D eigenvalue weighted by molar-refractivity contribution is -0.123. The fourth-order valence-electron chi connectivity index (χ4n) is 7.54. The molecule has 0 spiro atoms. The Morgan fingerprint density at radius 3 is 1.05 bits per heavy atom. The largest absolute Gasteiger partial charge is 0.394 e. The lowest BCUT2D eigenvalue weighted by Gasteiger charge is -2.19. The first-order valence-electron chi connectivity index (χ1n) is 24.7. The van der Waals surface area contributed by atoms with Gasteiger partial charge in [0.15, 0.2) is 0 Å². The summed E-state index contributed by atoms with van der Waals surface area (Å²) >= 11 is 0. The fourth-order valence-corrected chi connectivity index (χ4v) is 7.54. The quantitative estimate of drug-likeness (QED) is 0.0426. The van der Waals surface area contributed by atoms with Gasteiger partial charge in [0.25, 0.3) is 0 Å². The highest BCUT2D eigenvalue weighted by Gasteiger charge is 2.17. The highest BCUT2D eigenvalue weighted by Crippen LogP contribution is 2.16. The smallest absolute Gasteiger partial charge is 0.220 e. The number of hydrogen-bond donors (Lipinski definition) is 3. The van der Waals surface area contributed by atoms with Crippen molar-refractivity contribution in [3.05, 3.63) is 36.5 Å². The summed E-state index contributed by atoms with van der Waals surface area (Å²) in [4.78, 5) is 12.4. The van der Waals surface area contributed by atoms with E-state index in [4.69, 9.17) is 0 Å². The molecule has 2 atom stereocenters. The molecular weight excluding hydrogens is 675 g/mol. The molecule has 55 heavy (non-hydrogen) atoms. The van der Waals surface area contributed by atoms with Gasteiger partial charge in [0.2, 0.25) is 5.91 Å². The molecule has 0 aliphatic rings. The van der Waals surface area contributed by atoms with Gasteiger partial charge in [-0.3, -0.25) is 4.79 Å². The Morgan fingerprint density at radius 2 is 0.709 bits per heavy atom. The third-order valence-corrected chi connectivity index (χ3v) is 11.3. The van der Waals surface area contributed by atoms with Crippen LogP contribution in [0, 0.1) is 0 Å². The van der Waals surface area contributed by atoms with Crippen LogP contribution in [0.4, 0.5) is 0 Å². The van der Waals surface area contributed by atoms with Gasteiger partial charge in [0.1, 0.15) is 0 Å². The summed E-state index contributed by atoms with van der Waals surface area (Å²) in [6, 6.07) is -0.640. The summed E-state index contributed by atoms with van der Waals surface area (Å²) < 4.78 is 0. The number of aliphatic hydroxyl groups is 2. The van der Waals surface area contributed by atoms with Crippen molar-refractivity contribution in [2.24, 2.45) is 0 Å². The van der Waals surface area contributed by atoms with Crippen molar-refractivity contribution in [1.29, 1.82) is 0 Å². The Hall–Kier alpha value is -1.39. The standard InChI is InChI=1S/C51H97NO3/c1-3-5-7-9-11-13-15-17-19-21-23-24-25-26-27-28-29-30-32-34-36-38-40-42-44-46-50(54)49(48-53)52-51(55)47-45-43-41-39-37-35-33-31-22-20-18-16-14-12-10-8-6-4-2/h20,22,36,38,44,46,49-50,53-54H,3-19,21,23-35,37,39-43,45,47-48H2,1-2H3,(H,52,55)/b22-20-,38-36+,46-44+. The summed E-state index contributed by atoms with van der Waals surface area (Å²) in [6.07, 6.45) is 62.8. The Bertz CT molecular complexity index is 836. The van der Waals surface area contributed by atoms with Crippen LogP contribution in [0.25, 0.3) is 0 Å². The van der Waals surface area contributed by atoms with E-state index in [-0.39, 0.29) is 12.5 Å². The maximum absolute atomic E-state index is 12.4. The van der Waals surface area contributed by atoms with Gasteiger partial charge in [0, 0.05) is 6.42 Å². The first-order chi connectivity index (χ1) is 27.2. The normalized spacial score (nSPS) is 13.2. The van der Waals surface area contributed by atoms with Gasteiger partial charge in [-0.1, -0.05) is 237 Å². The van der Waals surface area contributed by atoms with E-state index < -0.39 is 12.1 Å². The molecule has 0 heterocycles. The fraction of sp³-hybridized carbons (Fsp3) is 0.863. The van der Waals surface area contributed by atoms with Crippen LogP contribution in [0.15, 0.2) is 36.5 Å². The van der Waals surface area contributed by atoms with Crippen molar-refractivity contribution in [2.45, 2.75) is 276 Å².